The van der Waals surface area contributed by atoms with Gasteiger partial charge in [0.15, 0.2) is 0 Å². The average Bonchev–Trinajstić information content (AvgIpc) is 2.75. The molecule has 0 radical (unpaired) electrons. The Morgan fingerprint density at radius 3 is 2.62 bits per heavy atom. The van der Waals surface area contributed by atoms with Crippen molar-refractivity contribution in [2.45, 2.75) is 32.3 Å². The van der Waals surface area contributed by atoms with Gasteiger partial charge < -0.3 is 15.4 Å². The van der Waals surface area contributed by atoms with Gasteiger partial charge in [-0.15, -0.1) is 0 Å². The first-order chi connectivity index (χ1) is 7.70. The second kappa shape index (κ2) is 5.15. The highest BCUT2D eigenvalue weighted by atomic mass is 16.5. The molecular weight excluding hydrogens is 204 g/mol. The first kappa shape index (κ1) is 11.9. The van der Waals surface area contributed by atoms with E-state index in [4.69, 9.17) is 10.5 Å². The van der Waals surface area contributed by atoms with Gasteiger partial charge in [0.25, 0.3) is 0 Å². The molecule has 0 saturated carbocycles. The number of amides is 1. The van der Waals surface area contributed by atoms with Gasteiger partial charge in [0.05, 0.1) is 18.6 Å². The third-order valence-electron chi connectivity index (χ3n) is 3.81. The van der Waals surface area contributed by atoms with Crippen LogP contribution in [0.25, 0.3) is 0 Å². The van der Waals surface area contributed by atoms with Crippen LogP contribution >= 0.6 is 0 Å². The van der Waals surface area contributed by atoms with Crippen molar-refractivity contribution in [1.82, 2.24) is 4.90 Å². The number of rotatable bonds is 2. The number of ether oxygens (including phenoxy) is 1. The summed E-state index contributed by atoms with van der Waals surface area (Å²) in [7, 11) is 0. The van der Waals surface area contributed by atoms with Crippen molar-refractivity contribution in [2.24, 2.45) is 17.6 Å². The summed E-state index contributed by atoms with van der Waals surface area (Å²) < 4.78 is 5.45. The molecule has 2 atom stereocenters. The van der Waals surface area contributed by atoms with Crippen LogP contribution in [-0.2, 0) is 9.53 Å². The number of nitrogens with two attached hydrogens (primary N) is 1. The molecule has 2 aliphatic heterocycles. The monoisotopic (exact) mass is 226 g/mol. The van der Waals surface area contributed by atoms with E-state index in [1.54, 1.807) is 0 Å². The molecule has 2 N–H and O–H groups in total. The Labute approximate surface area is 97.1 Å². The molecule has 0 aromatic carbocycles. The molecule has 4 nitrogen and oxygen atoms in total. The van der Waals surface area contributed by atoms with E-state index in [0.29, 0.717) is 18.4 Å². The number of carbonyl (C=O) groups excluding carboxylic acids is 1. The third-order valence-corrected chi connectivity index (χ3v) is 3.81. The average molecular weight is 226 g/mol. The van der Waals surface area contributed by atoms with Crippen LogP contribution in [0.15, 0.2) is 0 Å². The van der Waals surface area contributed by atoms with E-state index in [-0.39, 0.29) is 12.0 Å². The van der Waals surface area contributed by atoms with Gasteiger partial charge in [-0.3, -0.25) is 4.79 Å². The summed E-state index contributed by atoms with van der Waals surface area (Å²) in [6, 6.07) is 0. The summed E-state index contributed by atoms with van der Waals surface area (Å²) in [6.45, 7) is 5.16. The zero-order chi connectivity index (χ0) is 11.5. The minimum absolute atomic E-state index is 0.101. The first-order valence-electron chi connectivity index (χ1n) is 6.31. The van der Waals surface area contributed by atoms with E-state index in [1.165, 1.54) is 0 Å². The lowest BCUT2D eigenvalue weighted by Gasteiger charge is -2.32. The van der Waals surface area contributed by atoms with E-state index >= 15 is 0 Å². The van der Waals surface area contributed by atoms with Crippen molar-refractivity contribution in [3.63, 3.8) is 0 Å². The molecule has 4 heteroatoms. The Morgan fingerprint density at radius 1 is 1.44 bits per heavy atom. The Kier molecular flexibility index (Phi) is 3.82. The minimum Gasteiger partial charge on any atom is -0.378 e. The minimum atomic E-state index is 0.101. The van der Waals surface area contributed by atoms with Crippen molar-refractivity contribution < 1.29 is 9.53 Å². The molecule has 0 bridgehead atoms. The zero-order valence-electron chi connectivity index (χ0n) is 10.0. The van der Waals surface area contributed by atoms with Gasteiger partial charge in [-0.25, -0.2) is 0 Å². The molecule has 0 aliphatic carbocycles. The van der Waals surface area contributed by atoms with Gasteiger partial charge in [-0.1, -0.05) is 0 Å². The van der Waals surface area contributed by atoms with Gasteiger partial charge in [0.1, 0.15) is 0 Å². The van der Waals surface area contributed by atoms with Crippen LogP contribution in [0.2, 0.25) is 0 Å². The Morgan fingerprint density at radius 2 is 2.12 bits per heavy atom. The second-order valence-electron chi connectivity index (χ2n) is 5.08. The molecule has 0 aromatic heterocycles. The fraction of sp³-hybridized carbons (Fsp3) is 0.917. The molecule has 92 valence electrons. The highest BCUT2D eigenvalue weighted by Crippen LogP contribution is 2.24. The lowest BCUT2D eigenvalue weighted by Crippen LogP contribution is -2.43. The maximum Gasteiger partial charge on any atom is 0.228 e. The summed E-state index contributed by atoms with van der Waals surface area (Å²) in [4.78, 5) is 14.2. The van der Waals surface area contributed by atoms with Crippen molar-refractivity contribution in [3.05, 3.63) is 0 Å². The number of likely N-dealkylation sites (tertiary alicyclic amines) is 1. The number of carbonyl (C=O) groups is 1. The second-order valence-corrected chi connectivity index (χ2v) is 5.08. The highest BCUT2D eigenvalue weighted by Gasteiger charge is 2.32. The van der Waals surface area contributed by atoms with Gasteiger partial charge in [0.2, 0.25) is 5.91 Å². The summed E-state index contributed by atoms with van der Waals surface area (Å²) >= 11 is 0. The lowest BCUT2D eigenvalue weighted by atomic mass is 9.95. The SMILES string of the molecule is CC1CC(C(=O)N2CCC(CN)CC2)CO1. The van der Waals surface area contributed by atoms with Crippen LogP contribution in [-0.4, -0.2) is 43.2 Å². The molecule has 2 fully saturated rings. The van der Waals surface area contributed by atoms with Gasteiger partial charge in [-0.05, 0) is 38.6 Å². The molecule has 2 unspecified atom stereocenters. The summed E-state index contributed by atoms with van der Waals surface area (Å²) in [5, 5.41) is 0. The zero-order valence-corrected chi connectivity index (χ0v) is 10.0. The smallest absolute Gasteiger partial charge is 0.228 e. The molecular formula is C12H22N2O2. The fourth-order valence-corrected chi connectivity index (χ4v) is 2.64. The maximum absolute atomic E-state index is 12.2. The molecule has 0 aromatic rings. The number of nitrogens with zero attached hydrogens (tertiary/aromatic N) is 1. The highest BCUT2D eigenvalue weighted by molar-refractivity contribution is 5.79. The quantitative estimate of drug-likeness (QED) is 0.750. The van der Waals surface area contributed by atoms with Crippen molar-refractivity contribution in [1.29, 1.82) is 0 Å². The van der Waals surface area contributed by atoms with E-state index in [0.717, 1.165) is 38.9 Å². The molecule has 2 heterocycles. The van der Waals surface area contributed by atoms with Gasteiger partial charge >= 0.3 is 0 Å². The Balaban J connectivity index is 1.82. The summed E-state index contributed by atoms with van der Waals surface area (Å²) in [5.74, 6) is 1.01. The third kappa shape index (κ3) is 2.55. The largest absolute Gasteiger partial charge is 0.378 e. The van der Waals surface area contributed by atoms with Crippen LogP contribution in [0.5, 0.6) is 0 Å². The molecule has 2 aliphatic rings. The predicted octanol–water partition coefficient (Wildman–Crippen LogP) is 0.609. The van der Waals surface area contributed by atoms with Crippen LogP contribution in [0, 0.1) is 11.8 Å². The molecule has 2 saturated heterocycles. The van der Waals surface area contributed by atoms with Gasteiger partial charge in [0, 0.05) is 13.1 Å². The molecule has 2 rings (SSSR count). The topological polar surface area (TPSA) is 55.6 Å². The number of hydrogen-bond acceptors (Lipinski definition) is 3. The van der Waals surface area contributed by atoms with E-state index in [9.17, 15) is 4.79 Å². The molecule has 1 amide bonds. The predicted molar refractivity (Wildman–Crippen MR) is 61.9 cm³/mol. The molecule has 16 heavy (non-hydrogen) atoms. The standard InChI is InChI=1S/C12H22N2O2/c1-9-6-11(8-16-9)12(15)14-4-2-10(7-13)3-5-14/h9-11H,2-8,13H2,1H3. The lowest BCUT2D eigenvalue weighted by molar-refractivity contribution is -0.136. The van der Waals surface area contributed by atoms with Crippen molar-refractivity contribution in [2.75, 3.05) is 26.2 Å². The molecule has 0 spiro atoms. The van der Waals surface area contributed by atoms with Crippen molar-refractivity contribution >= 4 is 5.91 Å². The van der Waals surface area contributed by atoms with Crippen LogP contribution in [0.4, 0.5) is 0 Å². The fourth-order valence-electron chi connectivity index (χ4n) is 2.64. The normalized spacial score (nSPS) is 32.0. The van der Waals surface area contributed by atoms with Gasteiger partial charge in [-0.2, -0.15) is 0 Å². The van der Waals surface area contributed by atoms with Crippen molar-refractivity contribution in [3.8, 4) is 0 Å². The first-order valence-corrected chi connectivity index (χ1v) is 6.31. The summed E-state index contributed by atoms with van der Waals surface area (Å²) in [6.07, 6.45) is 3.25. The Hall–Kier alpha value is -0.610. The summed E-state index contributed by atoms with van der Waals surface area (Å²) in [5.41, 5.74) is 5.64. The van der Waals surface area contributed by atoms with E-state index < -0.39 is 0 Å². The van der Waals surface area contributed by atoms with Crippen LogP contribution in [0.1, 0.15) is 26.2 Å². The maximum atomic E-state index is 12.2. The van der Waals surface area contributed by atoms with E-state index in [2.05, 4.69) is 0 Å². The van der Waals surface area contributed by atoms with Crippen LogP contribution < -0.4 is 5.73 Å². The van der Waals surface area contributed by atoms with Crippen LogP contribution in [0.3, 0.4) is 0 Å². The van der Waals surface area contributed by atoms with E-state index in [1.807, 2.05) is 11.8 Å². The number of hydrogen-bond donors (Lipinski definition) is 1. The Bertz CT molecular complexity index is 249. The number of piperidine rings is 1.